The highest BCUT2D eigenvalue weighted by Crippen LogP contribution is 2.13. The molecule has 0 aromatic rings. The van der Waals surface area contributed by atoms with Gasteiger partial charge in [0.2, 0.25) is 0 Å². The predicted molar refractivity (Wildman–Crippen MR) is 119 cm³/mol. The van der Waals surface area contributed by atoms with Crippen LogP contribution in [0.2, 0.25) is 0 Å². The second-order valence-electron chi connectivity index (χ2n) is 7.68. The molecule has 0 aromatic heterocycles. The SMILES string of the molecule is CC(=O)O.CCCCCCCCCCCCCCCCCCNNCCC. The van der Waals surface area contributed by atoms with E-state index in [1.807, 2.05) is 0 Å². The van der Waals surface area contributed by atoms with Crippen LogP contribution in [0.3, 0.4) is 0 Å². The third-order valence-electron chi connectivity index (χ3n) is 4.66. The summed E-state index contributed by atoms with van der Waals surface area (Å²) < 4.78 is 0. The van der Waals surface area contributed by atoms with Crippen LogP contribution in [0.5, 0.6) is 0 Å². The number of carboxylic acids is 1. The first-order chi connectivity index (χ1) is 13.1. The van der Waals surface area contributed by atoms with Crippen molar-refractivity contribution in [3.63, 3.8) is 0 Å². The minimum Gasteiger partial charge on any atom is -0.481 e. The van der Waals surface area contributed by atoms with Gasteiger partial charge in [-0.25, -0.2) is 0 Å². The molecular formula is C23H50N2O2. The maximum absolute atomic E-state index is 9.00. The van der Waals surface area contributed by atoms with Crippen LogP contribution < -0.4 is 10.9 Å². The average Bonchev–Trinajstić information content (AvgIpc) is 2.63. The molecule has 4 heteroatoms. The van der Waals surface area contributed by atoms with Crippen LogP contribution in [0, 0.1) is 0 Å². The van der Waals surface area contributed by atoms with Crippen molar-refractivity contribution in [1.29, 1.82) is 0 Å². The molecule has 0 aliphatic rings. The lowest BCUT2D eigenvalue weighted by Crippen LogP contribution is -2.32. The van der Waals surface area contributed by atoms with Gasteiger partial charge in [0.05, 0.1) is 0 Å². The third kappa shape index (κ3) is 36.9. The zero-order valence-electron chi connectivity index (χ0n) is 18.8. The Kier molecular flexibility index (Phi) is 29.2. The van der Waals surface area contributed by atoms with Gasteiger partial charge in [-0.1, -0.05) is 110 Å². The van der Waals surface area contributed by atoms with Crippen molar-refractivity contribution in [1.82, 2.24) is 10.9 Å². The number of rotatable bonds is 20. The second-order valence-corrected chi connectivity index (χ2v) is 7.68. The monoisotopic (exact) mass is 386 g/mol. The third-order valence-corrected chi connectivity index (χ3v) is 4.66. The molecule has 0 bridgehead atoms. The van der Waals surface area contributed by atoms with E-state index in [9.17, 15) is 0 Å². The summed E-state index contributed by atoms with van der Waals surface area (Å²) in [6.45, 7) is 7.78. The van der Waals surface area contributed by atoms with Crippen LogP contribution in [-0.2, 0) is 4.79 Å². The van der Waals surface area contributed by atoms with Crippen molar-refractivity contribution >= 4 is 5.97 Å². The lowest BCUT2D eigenvalue weighted by molar-refractivity contribution is -0.134. The molecule has 3 N–H and O–H groups in total. The molecule has 0 saturated heterocycles. The zero-order valence-corrected chi connectivity index (χ0v) is 18.8. The summed E-state index contributed by atoms with van der Waals surface area (Å²) in [5.41, 5.74) is 6.52. The number of carbonyl (C=O) groups is 1. The van der Waals surface area contributed by atoms with Crippen LogP contribution in [-0.4, -0.2) is 24.2 Å². The Balaban J connectivity index is 0. The van der Waals surface area contributed by atoms with Gasteiger partial charge in [-0.2, -0.15) is 0 Å². The molecule has 0 aliphatic heterocycles. The number of unbranched alkanes of at least 4 members (excludes halogenated alkanes) is 15. The number of aliphatic carboxylic acids is 1. The van der Waals surface area contributed by atoms with E-state index in [0.29, 0.717) is 0 Å². The van der Waals surface area contributed by atoms with Gasteiger partial charge >= 0.3 is 0 Å². The highest BCUT2D eigenvalue weighted by molar-refractivity contribution is 5.62. The molecule has 0 atom stereocenters. The summed E-state index contributed by atoms with van der Waals surface area (Å²) in [7, 11) is 0. The van der Waals surface area contributed by atoms with Gasteiger partial charge in [0.25, 0.3) is 5.97 Å². The Hall–Kier alpha value is -0.610. The van der Waals surface area contributed by atoms with E-state index in [1.54, 1.807) is 0 Å². The van der Waals surface area contributed by atoms with E-state index >= 15 is 0 Å². The zero-order chi connectivity index (χ0) is 20.4. The Morgan fingerprint density at radius 2 is 0.852 bits per heavy atom. The minimum atomic E-state index is -0.833. The van der Waals surface area contributed by atoms with Gasteiger partial charge in [0.1, 0.15) is 0 Å². The summed E-state index contributed by atoms with van der Waals surface area (Å²) in [6.07, 6.45) is 24.3. The normalized spacial score (nSPS) is 10.5. The predicted octanol–water partition coefficient (Wildman–Crippen LogP) is 6.84. The first-order valence-electron chi connectivity index (χ1n) is 11.8. The van der Waals surface area contributed by atoms with E-state index in [0.717, 1.165) is 20.0 Å². The molecule has 0 heterocycles. The fraction of sp³-hybridized carbons (Fsp3) is 0.957. The largest absolute Gasteiger partial charge is 0.481 e. The molecule has 0 radical (unpaired) electrons. The Morgan fingerprint density at radius 1 is 0.556 bits per heavy atom. The van der Waals surface area contributed by atoms with Crippen LogP contribution in [0.4, 0.5) is 0 Å². The first-order valence-corrected chi connectivity index (χ1v) is 11.8. The molecule has 4 nitrogen and oxygen atoms in total. The molecular weight excluding hydrogens is 336 g/mol. The topological polar surface area (TPSA) is 61.4 Å². The van der Waals surface area contributed by atoms with Crippen LogP contribution in [0.25, 0.3) is 0 Å². The van der Waals surface area contributed by atoms with E-state index < -0.39 is 5.97 Å². The molecule has 0 saturated carbocycles. The highest BCUT2D eigenvalue weighted by Gasteiger charge is 1.94. The molecule has 0 rings (SSSR count). The van der Waals surface area contributed by atoms with Gasteiger partial charge in [0.15, 0.2) is 0 Å². The minimum absolute atomic E-state index is 0.833. The Bertz CT molecular complexity index is 249. The van der Waals surface area contributed by atoms with E-state index in [2.05, 4.69) is 24.7 Å². The number of hydrogen-bond donors (Lipinski definition) is 3. The van der Waals surface area contributed by atoms with Crippen molar-refractivity contribution in [3.05, 3.63) is 0 Å². The van der Waals surface area contributed by atoms with E-state index in [1.165, 1.54) is 109 Å². The molecule has 0 unspecified atom stereocenters. The Morgan fingerprint density at radius 3 is 1.19 bits per heavy atom. The molecule has 0 aliphatic carbocycles. The summed E-state index contributed by atoms with van der Waals surface area (Å²) in [6, 6.07) is 0. The first kappa shape index (κ1) is 28.6. The lowest BCUT2D eigenvalue weighted by Gasteiger charge is -2.05. The van der Waals surface area contributed by atoms with E-state index in [4.69, 9.17) is 9.90 Å². The van der Waals surface area contributed by atoms with Gasteiger partial charge in [0, 0.05) is 20.0 Å². The van der Waals surface area contributed by atoms with Crippen LogP contribution in [0.15, 0.2) is 0 Å². The van der Waals surface area contributed by atoms with Crippen molar-refractivity contribution in [2.24, 2.45) is 0 Å². The average molecular weight is 387 g/mol. The summed E-state index contributed by atoms with van der Waals surface area (Å²) in [5.74, 6) is -0.833. The van der Waals surface area contributed by atoms with Crippen molar-refractivity contribution in [2.45, 2.75) is 130 Å². The molecule has 164 valence electrons. The van der Waals surface area contributed by atoms with Gasteiger partial charge in [-0.3, -0.25) is 15.6 Å². The summed E-state index contributed by atoms with van der Waals surface area (Å²) in [5, 5.41) is 7.42. The second kappa shape index (κ2) is 27.6. The molecule has 0 spiro atoms. The van der Waals surface area contributed by atoms with Crippen LogP contribution in [0.1, 0.15) is 130 Å². The van der Waals surface area contributed by atoms with Gasteiger partial charge < -0.3 is 5.11 Å². The molecule has 0 aromatic carbocycles. The number of carboxylic acid groups (broad SMARTS) is 1. The summed E-state index contributed by atoms with van der Waals surface area (Å²) in [4.78, 5) is 9.00. The van der Waals surface area contributed by atoms with Crippen molar-refractivity contribution < 1.29 is 9.90 Å². The smallest absolute Gasteiger partial charge is 0.300 e. The fourth-order valence-electron chi connectivity index (χ4n) is 3.06. The Labute approximate surface area is 170 Å². The van der Waals surface area contributed by atoms with Gasteiger partial charge in [-0.15, -0.1) is 0 Å². The van der Waals surface area contributed by atoms with Crippen LogP contribution >= 0.6 is 0 Å². The molecule has 0 amide bonds. The standard InChI is InChI=1S/C21H46N2.C2H4O2/c1-3-5-6-7-8-9-10-11-12-13-14-15-16-17-18-19-21-23-22-20-4-2;1-2(3)4/h22-23H,3-21H2,1-2H3;1H3,(H,3,4). The van der Waals surface area contributed by atoms with Crippen molar-refractivity contribution in [2.75, 3.05) is 13.1 Å². The number of hydrogen-bond acceptors (Lipinski definition) is 3. The highest BCUT2D eigenvalue weighted by atomic mass is 16.4. The number of hydrazine groups is 1. The van der Waals surface area contributed by atoms with Crippen molar-refractivity contribution in [3.8, 4) is 0 Å². The maximum Gasteiger partial charge on any atom is 0.300 e. The fourth-order valence-corrected chi connectivity index (χ4v) is 3.06. The number of nitrogens with one attached hydrogen (secondary N) is 2. The lowest BCUT2D eigenvalue weighted by atomic mass is 10.0. The quantitative estimate of drug-likeness (QED) is 0.158. The van der Waals surface area contributed by atoms with Gasteiger partial charge in [-0.05, 0) is 12.8 Å². The summed E-state index contributed by atoms with van der Waals surface area (Å²) >= 11 is 0. The molecule has 27 heavy (non-hydrogen) atoms. The van der Waals surface area contributed by atoms with E-state index in [-0.39, 0.29) is 0 Å². The molecule has 0 fully saturated rings. The maximum atomic E-state index is 9.00.